The van der Waals surface area contributed by atoms with Crippen molar-refractivity contribution >= 4 is 5.69 Å². The molecule has 0 bridgehead atoms. The van der Waals surface area contributed by atoms with E-state index in [1.165, 1.54) is 6.07 Å². The van der Waals surface area contributed by atoms with Gasteiger partial charge in [-0.15, -0.1) is 0 Å². The number of hydrogen-bond donors (Lipinski definition) is 2. The first kappa shape index (κ1) is 9.33. The van der Waals surface area contributed by atoms with Crippen LogP contribution in [0.3, 0.4) is 0 Å². The molecule has 76 valence electrons. The van der Waals surface area contributed by atoms with Crippen LogP contribution in [0.4, 0.5) is 5.69 Å². The van der Waals surface area contributed by atoms with Crippen LogP contribution in [0, 0.1) is 0 Å². The van der Waals surface area contributed by atoms with E-state index in [1.54, 1.807) is 30.5 Å². The Morgan fingerprint density at radius 1 is 1.20 bits per heavy atom. The third-order valence-corrected chi connectivity index (χ3v) is 1.86. The summed E-state index contributed by atoms with van der Waals surface area (Å²) in [6.45, 7) is 0. The predicted octanol–water partition coefficient (Wildman–Crippen LogP) is 2.16. The Morgan fingerprint density at radius 2 is 2.07 bits per heavy atom. The molecule has 2 rings (SSSR count). The summed E-state index contributed by atoms with van der Waals surface area (Å²) >= 11 is 0. The van der Waals surface area contributed by atoms with Gasteiger partial charge in [-0.25, -0.2) is 4.98 Å². The van der Waals surface area contributed by atoms with Crippen LogP contribution in [0.2, 0.25) is 0 Å². The van der Waals surface area contributed by atoms with Gasteiger partial charge in [0, 0.05) is 18.3 Å². The molecule has 0 atom stereocenters. The fourth-order valence-electron chi connectivity index (χ4n) is 1.12. The number of pyridine rings is 1. The molecule has 0 saturated heterocycles. The molecule has 0 aliphatic carbocycles. The summed E-state index contributed by atoms with van der Waals surface area (Å²) < 4.78 is 5.41. The predicted molar refractivity (Wildman–Crippen MR) is 56.8 cm³/mol. The number of benzene rings is 1. The fraction of sp³-hybridized carbons (Fsp3) is 0. The van der Waals surface area contributed by atoms with Gasteiger partial charge >= 0.3 is 0 Å². The van der Waals surface area contributed by atoms with Gasteiger partial charge < -0.3 is 15.6 Å². The van der Waals surface area contributed by atoms with Gasteiger partial charge in [-0.1, -0.05) is 6.07 Å². The van der Waals surface area contributed by atoms with Crippen LogP contribution in [0.1, 0.15) is 0 Å². The molecule has 0 aliphatic rings. The van der Waals surface area contributed by atoms with E-state index >= 15 is 0 Å². The second-order valence-corrected chi connectivity index (χ2v) is 2.99. The number of phenols is 1. The van der Waals surface area contributed by atoms with Gasteiger partial charge in [0.1, 0.15) is 11.5 Å². The van der Waals surface area contributed by atoms with E-state index in [2.05, 4.69) is 4.98 Å². The number of rotatable bonds is 2. The molecule has 3 N–H and O–H groups in total. The molecule has 0 unspecified atom stereocenters. The Hall–Kier alpha value is -2.23. The quantitative estimate of drug-likeness (QED) is 0.578. The molecular formula is C11H10N2O2. The minimum Gasteiger partial charge on any atom is -0.506 e. The van der Waals surface area contributed by atoms with Crippen molar-refractivity contribution in [2.45, 2.75) is 0 Å². The van der Waals surface area contributed by atoms with Crippen LogP contribution >= 0.6 is 0 Å². The zero-order valence-electron chi connectivity index (χ0n) is 7.92. The van der Waals surface area contributed by atoms with Crippen molar-refractivity contribution in [1.82, 2.24) is 4.98 Å². The summed E-state index contributed by atoms with van der Waals surface area (Å²) in [6, 6.07) is 10.0. The first-order valence-corrected chi connectivity index (χ1v) is 4.43. The maximum Gasteiger partial charge on any atom is 0.219 e. The van der Waals surface area contributed by atoms with Crippen LogP contribution in [0.5, 0.6) is 17.4 Å². The number of nitrogens with zero attached hydrogens (tertiary/aromatic N) is 1. The van der Waals surface area contributed by atoms with Crippen molar-refractivity contribution in [1.29, 1.82) is 0 Å². The largest absolute Gasteiger partial charge is 0.506 e. The lowest BCUT2D eigenvalue weighted by Gasteiger charge is -2.05. The number of nitrogen functional groups attached to an aromatic ring is 1. The van der Waals surface area contributed by atoms with Crippen LogP contribution in [-0.4, -0.2) is 10.1 Å². The van der Waals surface area contributed by atoms with E-state index in [4.69, 9.17) is 10.5 Å². The number of phenolic OH excluding ortho intramolecular Hbond substituents is 1. The number of nitrogens with two attached hydrogens (primary N) is 1. The van der Waals surface area contributed by atoms with Gasteiger partial charge in [-0.3, -0.25) is 0 Å². The summed E-state index contributed by atoms with van der Waals surface area (Å²) in [6.07, 6.45) is 1.64. The third kappa shape index (κ3) is 2.17. The lowest BCUT2D eigenvalue weighted by Crippen LogP contribution is -1.89. The van der Waals surface area contributed by atoms with E-state index in [9.17, 15) is 5.11 Å². The summed E-state index contributed by atoms with van der Waals surface area (Å²) in [4.78, 5) is 4.00. The molecule has 1 aromatic heterocycles. The standard InChI is InChI=1S/C11H10N2O2/c12-9-7-8(4-5-10(9)14)15-11-3-1-2-6-13-11/h1-7,14H,12H2. The second kappa shape index (κ2) is 3.88. The van der Waals surface area contributed by atoms with Crippen molar-refractivity contribution in [3.63, 3.8) is 0 Å². The zero-order valence-corrected chi connectivity index (χ0v) is 7.92. The zero-order chi connectivity index (χ0) is 10.7. The van der Waals surface area contributed by atoms with E-state index in [0.717, 1.165) is 0 Å². The van der Waals surface area contributed by atoms with Crippen LogP contribution in [0.25, 0.3) is 0 Å². The topological polar surface area (TPSA) is 68.4 Å². The van der Waals surface area contributed by atoms with Crippen LogP contribution in [-0.2, 0) is 0 Å². The van der Waals surface area contributed by atoms with Gasteiger partial charge in [0.05, 0.1) is 5.69 Å². The van der Waals surface area contributed by atoms with Crippen molar-refractivity contribution < 1.29 is 9.84 Å². The molecule has 2 aromatic rings. The molecule has 0 saturated carbocycles. The highest BCUT2D eigenvalue weighted by molar-refractivity contribution is 5.55. The lowest BCUT2D eigenvalue weighted by molar-refractivity contribution is 0.455. The number of hydrogen-bond acceptors (Lipinski definition) is 4. The van der Waals surface area contributed by atoms with Gasteiger partial charge in [-0.2, -0.15) is 0 Å². The van der Waals surface area contributed by atoms with E-state index in [-0.39, 0.29) is 11.4 Å². The summed E-state index contributed by atoms with van der Waals surface area (Å²) in [5.74, 6) is 1.08. The van der Waals surface area contributed by atoms with Crippen molar-refractivity contribution in [2.24, 2.45) is 0 Å². The minimum atomic E-state index is 0.0448. The second-order valence-electron chi connectivity index (χ2n) is 2.99. The van der Waals surface area contributed by atoms with Crippen molar-refractivity contribution in [2.75, 3.05) is 5.73 Å². The Morgan fingerprint density at radius 3 is 2.73 bits per heavy atom. The van der Waals surface area contributed by atoms with E-state index in [0.29, 0.717) is 11.6 Å². The monoisotopic (exact) mass is 202 g/mol. The first-order valence-electron chi connectivity index (χ1n) is 4.43. The van der Waals surface area contributed by atoms with Crippen LogP contribution in [0.15, 0.2) is 42.6 Å². The number of ether oxygens (including phenoxy) is 1. The molecular weight excluding hydrogens is 192 g/mol. The van der Waals surface area contributed by atoms with Crippen LogP contribution < -0.4 is 10.5 Å². The third-order valence-electron chi connectivity index (χ3n) is 1.86. The highest BCUT2D eigenvalue weighted by atomic mass is 16.5. The number of aromatic nitrogens is 1. The van der Waals surface area contributed by atoms with Gasteiger partial charge in [0.15, 0.2) is 0 Å². The minimum absolute atomic E-state index is 0.0448. The molecule has 4 heteroatoms. The van der Waals surface area contributed by atoms with Crippen molar-refractivity contribution in [3.8, 4) is 17.4 Å². The van der Waals surface area contributed by atoms with E-state index in [1.807, 2.05) is 6.07 Å². The van der Waals surface area contributed by atoms with Gasteiger partial charge in [0.2, 0.25) is 5.88 Å². The van der Waals surface area contributed by atoms with Gasteiger partial charge in [0.25, 0.3) is 0 Å². The molecule has 0 fully saturated rings. The average molecular weight is 202 g/mol. The van der Waals surface area contributed by atoms with Gasteiger partial charge in [-0.05, 0) is 18.2 Å². The summed E-state index contributed by atoms with van der Waals surface area (Å²) in [5.41, 5.74) is 5.80. The lowest BCUT2D eigenvalue weighted by atomic mass is 10.3. The molecule has 0 aliphatic heterocycles. The first-order chi connectivity index (χ1) is 7.25. The summed E-state index contributed by atoms with van der Waals surface area (Å²) in [5, 5.41) is 9.21. The Labute approximate surface area is 87.0 Å². The normalized spacial score (nSPS) is 9.87. The highest BCUT2D eigenvalue weighted by Crippen LogP contribution is 2.27. The molecule has 15 heavy (non-hydrogen) atoms. The molecule has 1 aromatic carbocycles. The fourth-order valence-corrected chi connectivity index (χ4v) is 1.12. The Bertz CT molecular complexity index is 457. The van der Waals surface area contributed by atoms with Crippen molar-refractivity contribution in [3.05, 3.63) is 42.6 Å². The average Bonchev–Trinajstić information content (AvgIpc) is 2.25. The Balaban J connectivity index is 2.22. The molecule has 0 radical (unpaired) electrons. The van der Waals surface area contributed by atoms with E-state index < -0.39 is 0 Å². The molecule has 0 amide bonds. The number of anilines is 1. The summed E-state index contributed by atoms with van der Waals surface area (Å²) in [7, 11) is 0. The smallest absolute Gasteiger partial charge is 0.219 e. The SMILES string of the molecule is Nc1cc(Oc2ccccn2)ccc1O. The number of aromatic hydroxyl groups is 1. The Kier molecular flexibility index (Phi) is 2.41. The highest BCUT2D eigenvalue weighted by Gasteiger charge is 2.01. The molecule has 4 nitrogen and oxygen atoms in total. The maximum absolute atomic E-state index is 9.21. The maximum atomic E-state index is 9.21. The molecule has 0 spiro atoms. The molecule has 1 heterocycles.